The van der Waals surface area contributed by atoms with E-state index in [0.29, 0.717) is 6.04 Å². The van der Waals surface area contributed by atoms with Gasteiger partial charge in [-0.1, -0.05) is 30.7 Å². The molecule has 0 atom stereocenters. The van der Waals surface area contributed by atoms with E-state index in [-0.39, 0.29) is 0 Å². The fraction of sp³-hybridized carbons (Fsp3) is 0.611. The molecule has 0 unspecified atom stereocenters. The molecule has 0 bridgehead atoms. The third-order valence-electron chi connectivity index (χ3n) is 5.00. The van der Waals surface area contributed by atoms with Gasteiger partial charge in [-0.2, -0.15) is 0 Å². The Hall–Kier alpha value is -1.51. The van der Waals surface area contributed by atoms with Crippen molar-refractivity contribution in [2.45, 2.75) is 58.5 Å². The Morgan fingerprint density at radius 3 is 2.71 bits per heavy atom. The lowest BCUT2D eigenvalue weighted by Gasteiger charge is -2.31. The summed E-state index contributed by atoms with van der Waals surface area (Å²) in [6.45, 7) is 6.41. The molecule has 2 N–H and O–H groups in total. The molecular formula is C18H27N3. The lowest BCUT2D eigenvalue weighted by molar-refractivity contribution is 0.339. The van der Waals surface area contributed by atoms with E-state index in [4.69, 9.17) is 10.7 Å². The van der Waals surface area contributed by atoms with Gasteiger partial charge in [-0.05, 0) is 56.1 Å². The Kier molecular flexibility index (Phi) is 4.18. The smallest absolute Gasteiger partial charge is 0.191 e. The van der Waals surface area contributed by atoms with E-state index in [1.54, 1.807) is 0 Å². The molecular weight excluding hydrogens is 258 g/mol. The molecule has 1 aliphatic carbocycles. The van der Waals surface area contributed by atoms with Crippen molar-refractivity contribution in [3.05, 3.63) is 34.9 Å². The van der Waals surface area contributed by atoms with Crippen LogP contribution < -0.4 is 5.73 Å². The number of hydrogen-bond acceptors (Lipinski definition) is 1. The molecule has 1 aliphatic heterocycles. The second-order valence-corrected chi connectivity index (χ2v) is 6.84. The lowest BCUT2D eigenvalue weighted by Crippen LogP contribution is -2.41. The summed E-state index contributed by atoms with van der Waals surface area (Å²) in [6, 6.07) is 7.19. The number of fused-ring (bicyclic) bond motifs is 1. The average Bonchev–Trinajstić information content (AvgIpc) is 2.49. The van der Waals surface area contributed by atoms with Crippen LogP contribution in [0.15, 0.2) is 23.2 Å². The molecule has 21 heavy (non-hydrogen) atoms. The van der Waals surface area contributed by atoms with Gasteiger partial charge in [0.25, 0.3) is 0 Å². The number of hydrogen-bond donors (Lipinski definition) is 1. The predicted molar refractivity (Wildman–Crippen MR) is 88.3 cm³/mol. The summed E-state index contributed by atoms with van der Waals surface area (Å²) in [4.78, 5) is 7.05. The van der Waals surface area contributed by atoms with Crippen LogP contribution in [0.5, 0.6) is 0 Å². The molecule has 0 aromatic heterocycles. The fourth-order valence-electron chi connectivity index (χ4n) is 3.52. The first-order chi connectivity index (χ1) is 10.1. The number of rotatable bonds is 1. The van der Waals surface area contributed by atoms with Crippen LogP contribution in [0.1, 0.15) is 49.3 Å². The van der Waals surface area contributed by atoms with Crippen molar-refractivity contribution in [3.63, 3.8) is 0 Å². The SMILES string of the molecule is Cc1ccc2c(c1)CCN(C(N)=NC1CCC(C)CC1)C2. The standard InChI is InChI=1S/C18H27N3/c1-13-4-7-17(8-5-13)20-18(19)21-10-9-15-11-14(2)3-6-16(15)12-21/h3,6,11,13,17H,4-5,7-10,12H2,1-2H3,(H2,19,20). The summed E-state index contributed by atoms with van der Waals surface area (Å²) in [5.74, 6) is 1.61. The number of guanidine groups is 1. The summed E-state index contributed by atoms with van der Waals surface area (Å²) in [6.07, 6.45) is 6.07. The largest absolute Gasteiger partial charge is 0.370 e. The normalized spacial score (nSPS) is 26.6. The predicted octanol–water partition coefficient (Wildman–Crippen LogP) is 3.25. The minimum Gasteiger partial charge on any atom is -0.370 e. The van der Waals surface area contributed by atoms with Crippen LogP contribution in [0.3, 0.4) is 0 Å². The summed E-state index contributed by atoms with van der Waals surface area (Å²) in [5, 5.41) is 0. The van der Waals surface area contributed by atoms with Crippen molar-refractivity contribution < 1.29 is 0 Å². The zero-order chi connectivity index (χ0) is 14.8. The van der Waals surface area contributed by atoms with E-state index < -0.39 is 0 Å². The van der Waals surface area contributed by atoms with E-state index in [0.717, 1.165) is 31.4 Å². The Labute approximate surface area is 128 Å². The van der Waals surface area contributed by atoms with Gasteiger partial charge in [0.2, 0.25) is 0 Å². The Morgan fingerprint density at radius 2 is 1.95 bits per heavy atom. The van der Waals surface area contributed by atoms with E-state index in [1.807, 2.05) is 0 Å². The number of nitrogens with two attached hydrogens (primary N) is 1. The molecule has 114 valence electrons. The van der Waals surface area contributed by atoms with E-state index in [1.165, 1.54) is 42.4 Å². The topological polar surface area (TPSA) is 41.6 Å². The second kappa shape index (κ2) is 6.08. The maximum absolute atomic E-state index is 6.28. The Bertz CT molecular complexity index is 527. The highest BCUT2D eigenvalue weighted by Crippen LogP contribution is 2.26. The highest BCUT2D eigenvalue weighted by molar-refractivity contribution is 5.78. The van der Waals surface area contributed by atoms with Crippen LogP contribution in [-0.4, -0.2) is 23.4 Å². The highest BCUT2D eigenvalue weighted by atomic mass is 15.3. The van der Waals surface area contributed by atoms with Gasteiger partial charge in [0, 0.05) is 13.1 Å². The van der Waals surface area contributed by atoms with Crippen molar-refractivity contribution in [1.29, 1.82) is 0 Å². The van der Waals surface area contributed by atoms with Gasteiger partial charge in [-0.25, -0.2) is 4.99 Å². The van der Waals surface area contributed by atoms with Crippen LogP contribution in [0, 0.1) is 12.8 Å². The summed E-state index contributed by atoms with van der Waals surface area (Å²) in [5.41, 5.74) is 10.5. The average molecular weight is 285 g/mol. The molecule has 3 heteroatoms. The number of aliphatic imine (C=N–C) groups is 1. The maximum Gasteiger partial charge on any atom is 0.191 e. The summed E-state index contributed by atoms with van der Waals surface area (Å²) < 4.78 is 0. The zero-order valence-electron chi connectivity index (χ0n) is 13.3. The second-order valence-electron chi connectivity index (χ2n) is 6.84. The van der Waals surface area contributed by atoms with Gasteiger partial charge < -0.3 is 10.6 Å². The van der Waals surface area contributed by atoms with Gasteiger partial charge in [-0.3, -0.25) is 0 Å². The monoisotopic (exact) mass is 285 g/mol. The quantitative estimate of drug-likeness (QED) is 0.635. The molecule has 0 radical (unpaired) electrons. The van der Waals surface area contributed by atoms with Gasteiger partial charge in [0.15, 0.2) is 5.96 Å². The molecule has 0 saturated heterocycles. The molecule has 1 heterocycles. The van der Waals surface area contributed by atoms with Gasteiger partial charge in [-0.15, -0.1) is 0 Å². The van der Waals surface area contributed by atoms with E-state index >= 15 is 0 Å². The molecule has 1 aromatic carbocycles. The van der Waals surface area contributed by atoms with Crippen LogP contribution in [-0.2, 0) is 13.0 Å². The third kappa shape index (κ3) is 3.39. The molecule has 1 saturated carbocycles. The van der Waals surface area contributed by atoms with Crippen LogP contribution in [0.25, 0.3) is 0 Å². The molecule has 2 aliphatic rings. The van der Waals surface area contributed by atoms with Crippen LogP contribution in [0.2, 0.25) is 0 Å². The number of aryl methyl sites for hydroxylation is 1. The van der Waals surface area contributed by atoms with Crippen molar-refractivity contribution in [3.8, 4) is 0 Å². The van der Waals surface area contributed by atoms with Crippen molar-refractivity contribution in [2.75, 3.05) is 6.54 Å². The Morgan fingerprint density at radius 1 is 1.19 bits per heavy atom. The van der Waals surface area contributed by atoms with Gasteiger partial charge >= 0.3 is 0 Å². The minimum absolute atomic E-state index is 0.445. The molecule has 1 aromatic rings. The van der Waals surface area contributed by atoms with Crippen LogP contribution >= 0.6 is 0 Å². The first-order valence-electron chi connectivity index (χ1n) is 8.28. The fourth-order valence-corrected chi connectivity index (χ4v) is 3.52. The summed E-state index contributed by atoms with van der Waals surface area (Å²) in [7, 11) is 0. The first-order valence-corrected chi connectivity index (χ1v) is 8.28. The van der Waals surface area contributed by atoms with Crippen molar-refractivity contribution >= 4 is 5.96 Å². The van der Waals surface area contributed by atoms with Crippen molar-refractivity contribution in [1.82, 2.24) is 4.90 Å². The Balaban J connectivity index is 1.66. The molecule has 1 fully saturated rings. The molecule has 3 nitrogen and oxygen atoms in total. The number of nitrogens with zero attached hydrogens (tertiary/aromatic N) is 2. The van der Waals surface area contributed by atoms with E-state index in [9.17, 15) is 0 Å². The van der Waals surface area contributed by atoms with E-state index in [2.05, 4.69) is 36.9 Å². The van der Waals surface area contributed by atoms with Gasteiger partial charge in [0.1, 0.15) is 0 Å². The molecule has 0 amide bonds. The maximum atomic E-state index is 6.28. The number of benzene rings is 1. The molecule has 3 rings (SSSR count). The van der Waals surface area contributed by atoms with Crippen molar-refractivity contribution in [2.24, 2.45) is 16.6 Å². The summed E-state index contributed by atoms with van der Waals surface area (Å²) >= 11 is 0. The first kappa shape index (κ1) is 14.4. The highest BCUT2D eigenvalue weighted by Gasteiger charge is 2.21. The zero-order valence-corrected chi connectivity index (χ0v) is 13.3. The third-order valence-corrected chi connectivity index (χ3v) is 5.00. The molecule has 0 spiro atoms. The van der Waals surface area contributed by atoms with Crippen LogP contribution in [0.4, 0.5) is 0 Å². The van der Waals surface area contributed by atoms with Gasteiger partial charge in [0.05, 0.1) is 6.04 Å². The minimum atomic E-state index is 0.445. The lowest BCUT2D eigenvalue weighted by atomic mass is 9.88.